The Kier molecular flexibility index (Phi) is 3.57. The maximum atomic E-state index is 5.59. The summed E-state index contributed by atoms with van der Waals surface area (Å²) in [4.78, 5) is 0. The molecular formula is C9H12BrNO2. The highest BCUT2D eigenvalue weighted by Crippen LogP contribution is 2.34. The van der Waals surface area contributed by atoms with Gasteiger partial charge in [-0.3, -0.25) is 0 Å². The standard InChI is InChI=1S/C9H12BrNO2/c1-12-8-4-3-7(10)9(13-2)6(8)5-11/h3-4H,5,11H2,1-2H3. The van der Waals surface area contributed by atoms with Gasteiger partial charge in [-0.05, 0) is 28.1 Å². The largest absolute Gasteiger partial charge is 0.496 e. The van der Waals surface area contributed by atoms with Crippen LogP contribution in [-0.2, 0) is 6.54 Å². The molecule has 0 aromatic heterocycles. The molecule has 1 aromatic carbocycles. The van der Waals surface area contributed by atoms with E-state index in [2.05, 4.69) is 15.9 Å². The van der Waals surface area contributed by atoms with Crippen LogP contribution >= 0.6 is 15.9 Å². The number of benzene rings is 1. The Bertz CT molecular complexity index is 302. The van der Waals surface area contributed by atoms with Gasteiger partial charge in [-0.1, -0.05) is 0 Å². The second-order valence-electron chi connectivity index (χ2n) is 2.47. The van der Waals surface area contributed by atoms with Gasteiger partial charge in [0, 0.05) is 6.54 Å². The molecule has 1 aromatic rings. The summed E-state index contributed by atoms with van der Waals surface area (Å²) < 4.78 is 11.2. The molecule has 72 valence electrons. The molecule has 0 unspecified atom stereocenters. The predicted molar refractivity (Wildman–Crippen MR) is 55.1 cm³/mol. The molecule has 0 amide bonds. The lowest BCUT2D eigenvalue weighted by Gasteiger charge is -2.12. The van der Waals surface area contributed by atoms with Gasteiger partial charge in [-0.2, -0.15) is 0 Å². The van der Waals surface area contributed by atoms with E-state index in [9.17, 15) is 0 Å². The summed E-state index contributed by atoms with van der Waals surface area (Å²) in [6.45, 7) is 0.395. The van der Waals surface area contributed by atoms with E-state index >= 15 is 0 Å². The van der Waals surface area contributed by atoms with E-state index in [1.165, 1.54) is 0 Å². The normalized spacial score (nSPS) is 9.85. The molecule has 2 N–H and O–H groups in total. The number of nitrogens with two attached hydrogens (primary N) is 1. The summed E-state index contributed by atoms with van der Waals surface area (Å²) in [7, 11) is 3.22. The van der Waals surface area contributed by atoms with Crippen LogP contribution in [0.4, 0.5) is 0 Å². The highest BCUT2D eigenvalue weighted by molar-refractivity contribution is 9.10. The van der Waals surface area contributed by atoms with Gasteiger partial charge in [0.05, 0.1) is 24.3 Å². The third kappa shape index (κ3) is 1.95. The molecule has 0 saturated heterocycles. The Balaban J connectivity index is 3.27. The zero-order chi connectivity index (χ0) is 9.84. The number of halogens is 1. The van der Waals surface area contributed by atoms with Gasteiger partial charge < -0.3 is 15.2 Å². The fraction of sp³-hybridized carbons (Fsp3) is 0.333. The number of rotatable bonds is 3. The lowest BCUT2D eigenvalue weighted by atomic mass is 10.2. The van der Waals surface area contributed by atoms with E-state index < -0.39 is 0 Å². The molecule has 3 nitrogen and oxygen atoms in total. The molecular weight excluding hydrogens is 234 g/mol. The first-order chi connectivity index (χ1) is 6.24. The van der Waals surface area contributed by atoms with Gasteiger partial charge in [0.25, 0.3) is 0 Å². The molecule has 0 spiro atoms. The van der Waals surface area contributed by atoms with E-state index in [1.807, 2.05) is 12.1 Å². The van der Waals surface area contributed by atoms with Crippen LogP contribution in [0.1, 0.15) is 5.56 Å². The smallest absolute Gasteiger partial charge is 0.141 e. The van der Waals surface area contributed by atoms with Crippen LogP contribution in [-0.4, -0.2) is 14.2 Å². The molecule has 1 rings (SSSR count). The zero-order valence-corrected chi connectivity index (χ0v) is 9.22. The monoisotopic (exact) mass is 245 g/mol. The van der Waals surface area contributed by atoms with Crippen molar-refractivity contribution in [3.63, 3.8) is 0 Å². The maximum absolute atomic E-state index is 5.59. The summed E-state index contributed by atoms with van der Waals surface area (Å²) in [6.07, 6.45) is 0. The van der Waals surface area contributed by atoms with Crippen molar-refractivity contribution in [1.29, 1.82) is 0 Å². The summed E-state index contributed by atoms with van der Waals surface area (Å²) in [5, 5.41) is 0. The van der Waals surface area contributed by atoms with Crippen LogP contribution in [0.3, 0.4) is 0 Å². The average molecular weight is 246 g/mol. The van der Waals surface area contributed by atoms with Crippen LogP contribution in [0.2, 0.25) is 0 Å². The van der Waals surface area contributed by atoms with Crippen molar-refractivity contribution in [2.45, 2.75) is 6.54 Å². The first-order valence-electron chi connectivity index (χ1n) is 3.84. The molecule has 0 heterocycles. The molecule has 4 heteroatoms. The van der Waals surface area contributed by atoms with Crippen molar-refractivity contribution >= 4 is 15.9 Å². The maximum Gasteiger partial charge on any atom is 0.141 e. The Hall–Kier alpha value is -0.740. The van der Waals surface area contributed by atoms with Gasteiger partial charge in [0.15, 0.2) is 0 Å². The molecule has 13 heavy (non-hydrogen) atoms. The Morgan fingerprint density at radius 1 is 1.31 bits per heavy atom. The van der Waals surface area contributed by atoms with Crippen molar-refractivity contribution in [2.75, 3.05) is 14.2 Å². The van der Waals surface area contributed by atoms with E-state index in [0.717, 1.165) is 21.5 Å². The highest BCUT2D eigenvalue weighted by Gasteiger charge is 2.11. The summed E-state index contributed by atoms with van der Waals surface area (Å²) in [5.41, 5.74) is 6.47. The van der Waals surface area contributed by atoms with Crippen molar-refractivity contribution < 1.29 is 9.47 Å². The lowest BCUT2D eigenvalue weighted by Crippen LogP contribution is -2.03. The molecule has 0 aliphatic heterocycles. The van der Waals surface area contributed by atoms with Gasteiger partial charge >= 0.3 is 0 Å². The minimum atomic E-state index is 0.395. The lowest BCUT2D eigenvalue weighted by molar-refractivity contribution is 0.384. The van der Waals surface area contributed by atoms with E-state index in [4.69, 9.17) is 15.2 Å². The van der Waals surface area contributed by atoms with Crippen molar-refractivity contribution in [2.24, 2.45) is 5.73 Å². The molecule has 0 radical (unpaired) electrons. The quantitative estimate of drug-likeness (QED) is 0.886. The number of hydrogen-bond donors (Lipinski definition) is 1. The molecule has 0 saturated carbocycles. The molecule has 0 aliphatic carbocycles. The summed E-state index contributed by atoms with van der Waals surface area (Å²) >= 11 is 3.38. The van der Waals surface area contributed by atoms with E-state index in [1.54, 1.807) is 14.2 Å². The SMILES string of the molecule is COc1ccc(Br)c(OC)c1CN. The first kappa shape index (κ1) is 10.3. The summed E-state index contributed by atoms with van der Waals surface area (Å²) in [5.74, 6) is 1.49. The van der Waals surface area contributed by atoms with Gasteiger partial charge in [0.2, 0.25) is 0 Å². The van der Waals surface area contributed by atoms with Crippen LogP contribution < -0.4 is 15.2 Å². The molecule has 0 fully saturated rings. The van der Waals surface area contributed by atoms with Crippen molar-refractivity contribution in [1.82, 2.24) is 0 Å². The highest BCUT2D eigenvalue weighted by atomic mass is 79.9. The Morgan fingerprint density at radius 3 is 2.46 bits per heavy atom. The topological polar surface area (TPSA) is 44.5 Å². The molecule has 0 aliphatic rings. The Labute approximate surface area is 86.0 Å². The second-order valence-corrected chi connectivity index (χ2v) is 3.32. The van der Waals surface area contributed by atoms with Crippen molar-refractivity contribution in [3.8, 4) is 11.5 Å². The van der Waals surface area contributed by atoms with Gasteiger partial charge in [-0.15, -0.1) is 0 Å². The second kappa shape index (κ2) is 4.48. The third-order valence-corrected chi connectivity index (χ3v) is 2.42. The minimum absolute atomic E-state index is 0.395. The number of methoxy groups -OCH3 is 2. The van der Waals surface area contributed by atoms with E-state index in [0.29, 0.717) is 6.54 Å². The van der Waals surface area contributed by atoms with Gasteiger partial charge in [-0.25, -0.2) is 0 Å². The number of hydrogen-bond acceptors (Lipinski definition) is 3. The van der Waals surface area contributed by atoms with Gasteiger partial charge in [0.1, 0.15) is 11.5 Å². The van der Waals surface area contributed by atoms with E-state index in [-0.39, 0.29) is 0 Å². The van der Waals surface area contributed by atoms with Crippen molar-refractivity contribution in [3.05, 3.63) is 22.2 Å². The third-order valence-electron chi connectivity index (χ3n) is 1.80. The predicted octanol–water partition coefficient (Wildman–Crippen LogP) is 1.92. The van der Waals surface area contributed by atoms with Crippen LogP contribution in [0.5, 0.6) is 11.5 Å². The van der Waals surface area contributed by atoms with Crippen LogP contribution in [0.25, 0.3) is 0 Å². The average Bonchev–Trinajstić information content (AvgIpc) is 2.17. The van der Waals surface area contributed by atoms with Crippen LogP contribution in [0, 0.1) is 0 Å². The molecule has 0 bridgehead atoms. The number of ether oxygens (including phenoxy) is 2. The fourth-order valence-electron chi connectivity index (χ4n) is 1.19. The first-order valence-corrected chi connectivity index (χ1v) is 4.63. The van der Waals surface area contributed by atoms with Crippen LogP contribution in [0.15, 0.2) is 16.6 Å². The minimum Gasteiger partial charge on any atom is -0.496 e. The summed E-state index contributed by atoms with van der Waals surface area (Å²) in [6, 6.07) is 3.73. The molecule has 0 atom stereocenters. The fourth-order valence-corrected chi connectivity index (χ4v) is 1.72. The Morgan fingerprint density at radius 2 is 2.00 bits per heavy atom. The zero-order valence-electron chi connectivity index (χ0n) is 7.63.